The number of anilines is 3. The van der Waals surface area contributed by atoms with Crippen molar-refractivity contribution in [3.63, 3.8) is 0 Å². The quantitative estimate of drug-likeness (QED) is 0.146. The molecular formula is C57H47NO. The van der Waals surface area contributed by atoms with Gasteiger partial charge in [-0.2, -0.15) is 0 Å². The molecule has 0 bridgehead atoms. The lowest BCUT2D eigenvalue weighted by atomic mass is 9.81. The molecule has 1 heterocycles. The number of fused-ring (bicyclic) bond motifs is 2. The number of rotatable bonds is 9. The topological polar surface area (TPSA) is 16.4 Å². The minimum absolute atomic E-state index is 0.0397. The zero-order valence-corrected chi connectivity index (χ0v) is 34.1. The van der Waals surface area contributed by atoms with E-state index in [2.05, 4.69) is 214 Å². The van der Waals surface area contributed by atoms with Crippen molar-refractivity contribution < 1.29 is 4.42 Å². The van der Waals surface area contributed by atoms with E-state index in [-0.39, 0.29) is 5.41 Å². The first-order valence-corrected chi connectivity index (χ1v) is 20.4. The van der Waals surface area contributed by atoms with Crippen molar-refractivity contribution in [1.29, 1.82) is 0 Å². The zero-order valence-electron chi connectivity index (χ0n) is 34.1. The van der Waals surface area contributed by atoms with Crippen LogP contribution < -0.4 is 4.90 Å². The summed E-state index contributed by atoms with van der Waals surface area (Å²) in [6.07, 6.45) is 5.88. The molecule has 0 aliphatic carbocycles. The van der Waals surface area contributed by atoms with Crippen LogP contribution in [0.1, 0.15) is 44.6 Å². The average molecular weight is 762 g/mol. The normalized spacial score (nSPS) is 11.7. The van der Waals surface area contributed by atoms with Crippen LogP contribution in [0.5, 0.6) is 0 Å². The van der Waals surface area contributed by atoms with Crippen molar-refractivity contribution in [3.05, 3.63) is 212 Å². The minimum atomic E-state index is 0.0397. The van der Waals surface area contributed by atoms with Crippen molar-refractivity contribution >= 4 is 51.0 Å². The van der Waals surface area contributed by atoms with E-state index >= 15 is 0 Å². The molecule has 0 saturated carbocycles. The molecule has 1 aromatic heterocycles. The highest BCUT2D eigenvalue weighted by Crippen LogP contribution is 2.41. The zero-order chi connectivity index (χ0) is 40.5. The monoisotopic (exact) mass is 761 g/mol. The largest absolute Gasteiger partial charge is 0.455 e. The van der Waals surface area contributed by atoms with Crippen LogP contribution in [-0.4, -0.2) is 0 Å². The van der Waals surface area contributed by atoms with Crippen LogP contribution in [-0.2, 0) is 5.41 Å². The van der Waals surface area contributed by atoms with E-state index in [4.69, 9.17) is 4.42 Å². The summed E-state index contributed by atoms with van der Waals surface area (Å²) >= 11 is 0. The van der Waals surface area contributed by atoms with Crippen molar-refractivity contribution in [2.75, 3.05) is 4.90 Å². The summed E-state index contributed by atoms with van der Waals surface area (Å²) in [6, 6.07) is 65.8. The van der Waals surface area contributed by atoms with Gasteiger partial charge in [-0.25, -0.2) is 0 Å². The first-order valence-electron chi connectivity index (χ1n) is 20.4. The van der Waals surface area contributed by atoms with Gasteiger partial charge in [-0.1, -0.05) is 185 Å². The van der Waals surface area contributed by atoms with E-state index in [0.29, 0.717) is 0 Å². The molecular weight excluding hydrogens is 715 g/mol. The maximum Gasteiger partial charge on any atom is 0.143 e. The van der Waals surface area contributed by atoms with Gasteiger partial charge in [-0.05, 0) is 110 Å². The Hall–Kier alpha value is -7.16. The van der Waals surface area contributed by atoms with Crippen molar-refractivity contribution in [2.24, 2.45) is 0 Å². The molecule has 9 aromatic rings. The highest BCUT2D eigenvalue weighted by Gasteiger charge is 2.20. The Morgan fingerprint density at radius 1 is 0.492 bits per heavy atom. The molecule has 0 N–H and O–H groups in total. The van der Waals surface area contributed by atoms with E-state index in [1.54, 1.807) is 0 Å². The number of para-hydroxylation sites is 1. The summed E-state index contributed by atoms with van der Waals surface area (Å²) in [7, 11) is 0. The molecule has 0 unspecified atom stereocenters. The molecule has 0 atom stereocenters. The summed E-state index contributed by atoms with van der Waals surface area (Å²) in [6.45, 7) is 13.0. The predicted octanol–water partition coefficient (Wildman–Crippen LogP) is 16.7. The van der Waals surface area contributed by atoms with Gasteiger partial charge < -0.3 is 9.32 Å². The third-order valence-electron chi connectivity index (χ3n) is 11.3. The second-order valence-corrected chi connectivity index (χ2v) is 16.1. The molecule has 2 nitrogen and oxygen atoms in total. The van der Waals surface area contributed by atoms with Crippen molar-refractivity contribution in [1.82, 2.24) is 0 Å². The Morgan fingerprint density at radius 3 is 1.53 bits per heavy atom. The fourth-order valence-corrected chi connectivity index (χ4v) is 8.39. The van der Waals surface area contributed by atoms with Crippen LogP contribution in [0.4, 0.5) is 17.1 Å². The first-order chi connectivity index (χ1) is 28.8. The maximum atomic E-state index is 6.42. The molecule has 0 spiro atoms. The second kappa shape index (κ2) is 15.6. The van der Waals surface area contributed by atoms with Gasteiger partial charge in [0.2, 0.25) is 0 Å². The van der Waals surface area contributed by atoms with Gasteiger partial charge in [0.05, 0.1) is 0 Å². The molecule has 0 radical (unpaired) electrons. The van der Waals surface area contributed by atoms with Gasteiger partial charge in [-0.15, -0.1) is 0 Å². The predicted molar refractivity (Wildman–Crippen MR) is 254 cm³/mol. The molecule has 0 aliphatic heterocycles. The van der Waals surface area contributed by atoms with E-state index in [1.807, 2.05) is 25.2 Å². The van der Waals surface area contributed by atoms with Gasteiger partial charge in [0.25, 0.3) is 0 Å². The summed E-state index contributed by atoms with van der Waals surface area (Å²) in [5.74, 6) is 0.825. The van der Waals surface area contributed by atoms with Gasteiger partial charge >= 0.3 is 0 Å². The number of hydrogen-bond donors (Lipinski definition) is 0. The lowest BCUT2D eigenvalue weighted by Crippen LogP contribution is -2.11. The standard InChI is InChI=1S/C57H47NO/c1-6-14-54-49(7-2)52-21-13-20-51(56(52)59-54)44-31-37-48(38-32-44)58(46-33-27-41(28-34-46)39-15-9-8-10-16-39)47-35-29-42(30-36-47)40-23-25-43(26-24-40)50-19-11-17-45-18-12-22-53(55(45)50)57(3,4)5/h6-38H,2H2,1,3-5H3/b14-6-. The first kappa shape index (κ1) is 37.4. The second-order valence-electron chi connectivity index (χ2n) is 16.1. The fourth-order valence-electron chi connectivity index (χ4n) is 8.39. The number of benzene rings is 8. The Kier molecular flexibility index (Phi) is 9.92. The summed E-state index contributed by atoms with van der Waals surface area (Å²) < 4.78 is 6.42. The third kappa shape index (κ3) is 7.19. The maximum absolute atomic E-state index is 6.42. The lowest BCUT2D eigenvalue weighted by Gasteiger charge is -2.26. The van der Waals surface area contributed by atoms with Crippen LogP contribution in [0.3, 0.4) is 0 Å². The highest BCUT2D eigenvalue weighted by molar-refractivity contribution is 6.01. The molecule has 59 heavy (non-hydrogen) atoms. The van der Waals surface area contributed by atoms with Crippen LogP contribution in [0, 0.1) is 0 Å². The highest BCUT2D eigenvalue weighted by atomic mass is 16.3. The fraction of sp³-hybridized carbons (Fsp3) is 0.0877. The molecule has 0 fully saturated rings. The van der Waals surface area contributed by atoms with Gasteiger partial charge in [0, 0.05) is 33.6 Å². The van der Waals surface area contributed by atoms with Gasteiger partial charge in [0.15, 0.2) is 0 Å². The van der Waals surface area contributed by atoms with Crippen molar-refractivity contribution in [2.45, 2.75) is 33.1 Å². The lowest BCUT2D eigenvalue weighted by molar-refractivity contribution is 0.596. The number of allylic oxidation sites excluding steroid dienone is 1. The molecule has 0 aliphatic rings. The molecule has 2 heteroatoms. The molecule has 286 valence electrons. The Labute approximate surface area is 348 Å². The third-order valence-corrected chi connectivity index (χ3v) is 11.3. The SMILES string of the molecule is C=Cc1c(/C=C\C)oc2c(-c3ccc(N(c4ccc(-c5ccccc5)cc4)c4ccc(-c5ccc(-c6cccc7cccc(C(C)(C)C)c67)cc5)cc4)cc3)cccc12. The van der Waals surface area contributed by atoms with Crippen molar-refractivity contribution in [3.8, 4) is 44.5 Å². The molecule has 8 aromatic carbocycles. The summed E-state index contributed by atoms with van der Waals surface area (Å²) in [4.78, 5) is 2.33. The average Bonchev–Trinajstić information content (AvgIpc) is 3.64. The molecule has 9 rings (SSSR count). The Bertz CT molecular complexity index is 2940. The number of hydrogen-bond acceptors (Lipinski definition) is 2. The van der Waals surface area contributed by atoms with Crippen LogP contribution in [0.25, 0.3) is 78.4 Å². The van der Waals surface area contributed by atoms with E-state index in [1.165, 1.54) is 49.7 Å². The van der Waals surface area contributed by atoms with Gasteiger partial charge in [-0.3, -0.25) is 0 Å². The van der Waals surface area contributed by atoms with E-state index in [9.17, 15) is 0 Å². The van der Waals surface area contributed by atoms with Crippen LogP contribution in [0.2, 0.25) is 0 Å². The summed E-state index contributed by atoms with van der Waals surface area (Å²) in [5.41, 5.74) is 15.9. The smallest absolute Gasteiger partial charge is 0.143 e. The summed E-state index contributed by atoms with van der Waals surface area (Å²) in [5, 5.41) is 3.68. The minimum Gasteiger partial charge on any atom is -0.455 e. The van der Waals surface area contributed by atoms with Crippen LogP contribution in [0.15, 0.2) is 199 Å². The van der Waals surface area contributed by atoms with E-state index in [0.717, 1.165) is 50.5 Å². The molecule has 0 saturated heterocycles. The molecule has 0 amide bonds. The Balaban J connectivity index is 1.06. The van der Waals surface area contributed by atoms with Crippen LogP contribution >= 0.6 is 0 Å². The number of nitrogens with zero attached hydrogens (tertiary/aromatic N) is 1. The van der Waals surface area contributed by atoms with E-state index < -0.39 is 0 Å². The van der Waals surface area contributed by atoms with Gasteiger partial charge in [0.1, 0.15) is 11.3 Å². The number of furan rings is 1. The Morgan fingerprint density at radius 2 is 0.966 bits per heavy atom.